The molecule has 0 saturated heterocycles. The number of phenolic OH excluding ortho intramolecular Hbond substituents is 2. The first-order valence-electron chi connectivity index (χ1n) is 8.55. The van der Waals surface area contributed by atoms with E-state index in [1.54, 1.807) is 0 Å². The standard InChI is InChI=1S/C19H17N3O7/c23-7-1-6-20-19(26)14-10-17(29-22-14)18-15(25)8-12(24)9-16(18)28-13-4-2-11(21-27)3-5-13/h2-5,8-10,23-25H,1,6-7H2,(H,20,26). The average Bonchev–Trinajstić information content (AvgIpc) is 3.18. The normalized spacial score (nSPS) is 10.5. The summed E-state index contributed by atoms with van der Waals surface area (Å²) in [5.74, 6) is -0.728. The van der Waals surface area contributed by atoms with Crippen LogP contribution in [0.15, 0.2) is 52.2 Å². The van der Waals surface area contributed by atoms with Gasteiger partial charge in [0, 0.05) is 31.4 Å². The maximum atomic E-state index is 12.1. The number of aromatic hydroxyl groups is 2. The maximum Gasteiger partial charge on any atom is 0.273 e. The van der Waals surface area contributed by atoms with E-state index in [1.165, 1.54) is 36.4 Å². The topological polar surface area (TPSA) is 154 Å². The van der Waals surface area contributed by atoms with Crippen LogP contribution in [-0.2, 0) is 0 Å². The van der Waals surface area contributed by atoms with Crippen molar-refractivity contribution in [2.24, 2.45) is 5.18 Å². The van der Waals surface area contributed by atoms with Crippen molar-refractivity contribution in [1.29, 1.82) is 0 Å². The van der Waals surface area contributed by atoms with Crippen molar-refractivity contribution in [2.75, 3.05) is 13.2 Å². The van der Waals surface area contributed by atoms with Crippen molar-refractivity contribution in [2.45, 2.75) is 6.42 Å². The van der Waals surface area contributed by atoms with Crippen LogP contribution in [0.1, 0.15) is 16.9 Å². The Morgan fingerprint density at radius 2 is 1.93 bits per heavy atom. The molecule has 0 radical (unpaired) electrons. The SMILES string of the molecule is O=Nc1ccc(Oc2cc(O)cc(O)c2-c2cc(C(=O)NCCCO)no2)cc1. The number of benzene rings is 2. The van der Waals surface area contributed by atoms with E-state index in [0.717, 1.165) is 6.07 Å². The summed E-state index contributed by atoms with van der Waals surface area (Å²) in [5.41, 5.74) is 0.253. The molecule has 29 heavy (non-hydrogen) atoms. The zero-order valence-corrected chi connectivity index (χ0v) is 15.0. The Bertz CT molecular complexity index is 1020. The first-order valence-corrected chi connectivity index (χ1v) is 8.55. The molecule has 0 atom stereocenters. The molecule has 0 aliphatic rings. The minimum Gasteiger partial charge on any atom is -0.508 e. The monoisotopic (exact) mass is 399 g/mol. The quantitative estimate of drug-likeness (QED) is 0.333. The number of ether oxygens (including phenoxy) is 1. The number of hydrogen-bond donors (Lipinski definition) is 4. The fourth-order valence-electron chi connectivity index (χ4n) is 2.49. The lowest BCUT2D eigenvalue weighted by Gasteiger charge is -2.11. The van der Waals surface area contributed by atoms with Crippen LogP contribution in [0.25, 0.3) is 11.3 Å². The summed E-state index contributed by atoms with van der Waals surface area (Å²) >= 11 is 0. The molecule has 3 rings (SSSR count). The molecule has 0 aliphatic carbocycles. The first-order chi connectivity index (χ1) is 14.0. The van der Waals surface area contributed by atoms with Gasteiger partial charge in [-0.2, -0.15) is 0 Å². The maximum absolute atomic E-state index is 12.1. The van der Waals surface area contributed by atoms with Gasteiger partial charge in [-0.25, -0.2) is 0 Å². The Balaban J connectivity index is 1.91. The highest BCUT2D eigenvalue weighted by Gasteiger charge is 2.21. The fraction of sp³-hybridized carbons (Fsp3) is 0.158. The molecule has 1 heterocycles. The summed E-state index contributed by atoms with van der Waals surface area (Å²) in [4.78, 5) is 22.6. The van der Waals surface area contributed by atoms with E-state index in [-0.39, 0.29) is 53.1 Å². The number of nitrogens with one attached hydrogen (secondary N) is 1. The van der Waals surface area contributed by atoms with E-state index < -0.39 is 5.91 Å². The van der Waals surface area contributed by atoms with Gasteiger partial charge in [-0.3, -0.25) is 4.79 Å². The molecule has 0 aliphatic heterocycles. The van der Waals surface area contributed by atoms with Gasteiger partial charge >= 0.3 is 0 Å². The summed E-state index contributed by atoms with van der Waals surface area (Å²) in [6.07, 6.45) is 0.394. The summed E-state index contributed by atoms with van der Waals surface area (Å²) < 4.78 is 10.9. The van der Waals surface area contributed by atoms with E-state index in [1.807, 2.05) is 0 Å². The van der Waals surface area contributed by atoms with Crippen LogP contribution in [0.3, 0.4) is 0 Å². The average molecular weight is 399 g/mol. The highest BCUT2D eigenvalue weighted by atomic mass is 16.5. The number of aliphatic hydroxyl groups is 1. The van der Waals surface area contributed by atoms with Crippen molar-refractivity contribution in [3.63, 3.8) is 0 Å². The summed E-state index contributed by atoms with van der Waals surface area (Å²) in [7, 11) is 0. The second-order valence-electron chi connectivity index (χ2n) is 5.93. The first kappa shape index (κ1) is 19.8. The third-order valence-electron chi connectivity index (χ3n) is 3.85. The molecule has 0 fully saturated rings. The van der Waals surface area contributed by atoms with E-state index in [2.05, 4.69) is 15.7 Å². The molecule has 1 amide bonds. The molecule has 10 nitrogen and oxygen atoms in total. The lowest BCUT2D eigenvalue weighted by Crippen LogP contribution is -2.25. The summed E-state index contributed by atoms with van der Waals surface area (Å²) in [6.45, 7) is 0.207. The van der Waals surface area contributed by atoms with Crippen LogP contribution >= 0.6 is 0 Å². The van der Waals surface area contributed by atoms with Crippen LogP contribution in [0.5, 0.6) is 23.0 Å². The predicted molar refractivity (Wildman–Crippen MR) is 101 cm³/mol. The molecule has 0 saturated carbocycles. The van der Waals surface area contributed by atoms with Gasteiger partial charge in [0.05, 0.1) is 0 Å². The van der Waals surface area contributed by atoms with Gasteiger partial charge in [0.15, 0.2) is 11.5 Å². The summed E-state index contributed by atoms with van der Waals surface area (Å²) in [6, 6.07) is 9.51. The van der Waals surface area contributed by atoms with Crippen LogP contribution < -0.4 is 10.1 Å². The Labute approximate surface area is 164 Å². The molecule has 0 bridgehead atoms. The highest BCUT2D eigenvalue weighted by Crippen LogP contribution is 2.43. The smallest absolute Gasteiger partial charge is 0.273 e. The Morgan fingerprint density at radius 1 is 1.17 bits per heavy atom. The Hall–Kier alpha value is -3.92. The van der Waals surface area contributed by atoms with Crippen molar-refractivity contribution in [3.05, 3.63) is 53.1 Å². The molecule has 4 N–H and O–H groups in total. The number of phenols is 2. The molecule has 0 spiro atoms. The van der Waals surface area contributed by atoms with Gasteiger partial charge in [0.25, 0.3) is 5.91 Å². The molecular formula is C19H17N3O7. The van der Waals surface area contributed by atoms with Gasteiger partial charge in [-0.05, 0) is 35.9 Å². The number of aromatic nitrogens is 1. The van der Waals surface area contributed by atoms with Crippen LogP contribution in [0.2, 0.25) is 0 Å². The molecule has 2 aromatic carbocycles. The highest BCUT2D eigenvalue weighted by molar-refractivity contribution is 5.93. The number of rotatable bonds is 8. The van der Waals surface area contributed by atoms with Gasteiger partial charge < -0.3 is 29.9 Å². The minimum absolute atomic E-state index is 0.0298. The van der Waals surface area contributed by atoms with Gasteiger partial charge in [-0.1, -0.05) is 5.16 Å². The second-order valence-corrected chi connectivity index (χ2v) is 5.93. The number of hydrogen-bond acceptors (Lipinski definition) is 9. The Morgan fingerprint density at radius 3 is 2.62 bits per heavy atom. The number of amides is 1. The largest absolute Gasteiger partial charge is 0.508 e. The number of aliphatic hydroxyl groups excluding tert-OH is 1. The van der Waals surface area contributed by atoms with Gasteiger partial charge in [-0.15, -0.1) is 4.91 Å². The van der Waals surface area contributed by atoms with Crippen LogP contribution in [0.4, 0.5) is 5.69 Å². The van der Waals surface area contributed by atoms with Crippen LogP contribution in [-0.4, -0.2) is 39.5 Å². The van der Waals surface area contributed by atoms with Crippen molar-refractivity contribution in [1.82, 2.24) is 10.5 Å². The molecule has 0 unspecified atom stereocenters. The van der Waals surface area contributed by atoms with Gasteiger partial charge in [0.1, 0.15) is 34.2 Å². The Kier molecular flexibility index (Phi) is 6.05. The van der Waals surface area contributed by atoms with Crippen molar-refractivity contribution < 1.29 is 29.4 Å². The number of nitrogens with zero attached hydrogens (tertiary/aromatic N) is 2. The van der Waals surface area contributed by atoms with E-state index in [4.69, 9.17) is 14.4 Å². The molecule has 150 valence electrons. The lowest BCUT2D eigenvalue weighted by molar-refractivity contribution is 0.0942. The van der Waals surface area contributed by atoms with E-state index >= 15 is 0 Å². The third-order valence-corrected chi connectivity index (χ3v) is 3.85. The van der Waals surface area contributed by atoms with E-state index in [9.17, 15) is 19.9 Å². The van der Waals surface area contributed by atoms with Crippen molar-refractivity contribution >= 4 is 11.6 Å². The van der Waals surface area contributed by atoms with Crippen LogP contribution in [0, 0.1) is 4.91 Å². The van der Waals surface area contributed by atoms with Crippen molar-refractivity contribution in [3.8, 4) is 34.3 Å². The van der Waals surface area contributed by atoms with E-state index in [0.29, 0.717) is 12.2 Å². The number of carbonyl (C=O) groups is 1. The number of carbonyl (C=O) groups excluding carboxylic acids is 1. The molecule has 10 heteroatoms. The molecule has 1 aromatic heterocycles. The zero-order valence-electron chi connectivity index (χ0n) is 15.0. The lowest BCUT2D eigenvalue weighted by atomic mass is 10.1. The zero-order chi connectivity index (χ0) is 20.8. The third kappa shape index (κ3) is 4.68. The van der Waals surface area contributed by atoms with Gasteiger partial charge in [0.2, 0.25) is 0 Å². The fourth-order valence-corrected chi connectivity index (χ4v) is 2.49. The molecule has 3 aromatic rings. The number of nitroso groups, excluding NO2 is 1. The summed E-state index contributed by atoms with van der Waals surface area (Å²) in [5, 5.41) is 37.9. The molecular weight excluding hydrogens is 382 g/mol. The minimum atomic E-state index is -0.508. The second kappa shape index (κ2) is 8.85. The predicted octanol–water partition coefficient (Wildman–Crippen LogP) is 3.06.